The lowest BCUT2D eigenvalue weighted by Crippen LogP contribution is -2.36. The van der Waals surface area contributed by atoms with Gasteiger partial charge in [-0.2, -0.15) is 13.2 Å². The van der Waals surface area contributed by atoms with Crippen molar-refractivity contribution < 1.29 is 27.6 Å². The van der Waals surface area contributed by atoms with E-state index in [9.17, 15) is 27.6 Å². The summed E-state index contributed by atoms with van der Waals surface area (Å²) in [4.78, 5) is 38.4. The summed E-state index contributed by atoms with van der Waals surface area (Å²) in [6.45, 7) is 1.31. The normalized spacial score (nSPS) is 22.9. The summed E-state index contributed by atoms with van der Waals surface area (Å²) in [5.74, 6) is -2.14. The van der Waals surface area contributed by atoms with Crippen molar-refractivity contribution in [2.75, 3.05) is 6.54 Å². The highest BCUT2D eigenvalue weighted by Crippen LogP contribution is 2.35. The SMILES string of the molecule is Cc1cc(C(=O)CN2C(=O)[C@@H]3CC=CC[C@H]3C2=O)c(C)n1CC(F)(F)F. The standard InChI is InChI=1S/C18H19F3N2O3/c1-10-7-14(11(2)23(10)9-18(19,20)21)15(24)8-22-16(25)12-5-3-4-6-13(12)17(22)26/h3-4,7,12-13H,5-6,8-9H2,1-2H3/t12-,13-/m1/s1. The molecule has 2 amide bonds. The minimum Gasteiger partial charge on any atom is -0.339 e. The van der Waals surface area contributed by atoms with Crippen molar-refractivity contribution >= 4 is 17.6 Å². The summed E-state index contributed by atoms with van der Waals surface area (Å²) in [6.07, 6.45) is 0.239. The fourth-order valence-corrected chi connectivity index (χ4v) is 3.76. The van der Waals surface area contributed by atoms with Crippen LogP contribution in [0.1, 0.15) is 34.6 Å². The molecule has 1 aromatic rings. The second-order valence-electron chi connectivity index (χ2n) is 6.83. The molecule has 5 nitrogen and oxygen atoms in total. The molecule has 0 spiro atoms. The molecule has 3 rings (SSSR count). The van der Waals surface area contributed by atoms with Gasteiger partial charge in [-0.1, -0.05) is 12.2 Å². The first-order chi connectivity index (χ1) is 12.1. The molecule has 2 aliphatic rings. The van der Waals surface area contributed by atoms with Crippen molar-refractivity contribution in [1.82, 2.24) is 9.47 Å². The number of Topliss-reactive ketones (excluding diaryl/α,β-unsaturated/α-hetero) is 1. The predicted octanol–water partition coefficient (Wildman–Crippen LogP) is 2.80. The molecule has 26 heavy (non-hydrogen) atoms. The zero-order valence-electron chi connectivity index (χ0n) is 14.5. The van der Waals surface area contributed by atoms with Gasteiger partial charge in [-0.05, 0) is 32.8 Å². The summed E-state index contributed by atoms with van der Waals surface area (Å²) in [5, 5.41) is 0. The van der Waals surface area contributed by atoms with E-state index < -0.39 is 36.9 Å². The van der Waals surface area contributed by atoms with Crippen LogP contribution in [0, 0.1) is 25.7 Å². The second-order valence-corrected chi connectivity index (χ2v) is 6.83. The van der Waals surface area contributed by atoms with Gasteiger partial charge in [0.25, 0.3) is 0 Å². The Morgan fingerprint density at radius 1 is 1.12 bits per heavy atom. The molecule has 2 heterocycles. The number of hydrogen-bond acceptors (Lipinski definition) is 3. The number of carbonyl (C=O) groups excluding carboxylic acids is 3. The van der Waals surface area contributed by atoms with Crippen LogP contribution >= 0.6 is 0 Å². The van der Waals surface area contributed by atoms with Crippen LogP contribution in [0.2, 0.25) is 0 Å². The van der Waals surface area contributed by atoms with E-state index in [4.69, 9.17) is 0 Å². The van der Waals surface area contributed by atoms with Crippen molar-refractivity contribution in [3.63, 3.8) is 0 Å². The Hall–Kier alpha value is -2.38. The summed E-state index contributed by atoms with van der Waals surface area (Å²) in [5.41, 5.74) is 0.600. The topological polar surface area (TPSA) is 59.4 Å². The van der Waals surface area contributed by atoms with Crippen LogP contribution < -0.4 is 0 Å². The highest BCUT2D eigenvalue weighted by molar-refractivity contribution is 6.10. The van der Waals surface area contributed by atoms with Gasteiger partial charge in [0.05, 0.1) is 18.4 Å². The minimum absolute atomic E-state index is 0.111. The Morgan fingerprint density at radius 2 is 1.65 bits per heavy atom. The second kappa shape index (κ2) is 6.41. The smallest absolute Gasteiger partial charge is 0.339 e. The first-order valence-corrected chi connectivity index (χ1v) is 8.37. The molecule has 1 aromatic heterocycles. The molecule has 2 atom stereocenters. The zero-order valence-corrected chi connectivity index (χ0v) is 14.5. The van der Waals surface area contributed by atoms with Crippen LogP contribution in [-0.4, -0.2) is 39.8 Å². The monoisotopic (exact) mass is 368 g/mol. The van der Waals surface area contributed by atoms with Gasteiger partial charge in [-0.3, -0.25) is 19.3 Å². The molecule has 0 saturated carbocycles. The number of aromatic nitrogens is 1. The van der Waals surface area contributed by atoms with Crippen molar-refractivity contribution in [2.24, 2.45) is 11.8 Å². The van der Waals surface area contributed by atoms with E-state index in [1.165, 1.54) is 19.9 Å². The Labute approximate surface area is 148 Å². The van der Waals surface area contributed by atoms with E-state index in [1.54, 1.807) is 0 Å². The maximum atomic E-state index is 12.7. The van der Waals surface area contributed by atoms with Crippen molar-refractivity contribution in [3.05, 3.63) is 35.2 Å². The third-order valence-corrected chi connectivity index (χ3v) is 5.11. The largest absolute Gasteiger partial charge is 0.406 e. The van der Waals surface area contributed by atoms with Gasteiger partial charge in [-0.15, -0.1) is 0 Å². The molecule has 0 N–H and O–H groups in total. The molecule has 8 heteroatoms. The summed E-state index contributed by atoms with van der Waals surface area (Å²) in [6, 6.07) is 1.38. The maximum absolute atomic E-state index is 12.7. The Bertz CT molecular complexity index is 781. The third-order valence-electron chi connectivity index (χ3n) is 5.11. The van der Waals surface area contributed by atoms with Gasteiger partial charge >= 0.3 is 6.18 Å². The zero-order chi connectivity index (χ0) is 19.2. The van der Waals surface area contributed by atoms with E-state index in [2.05, 4.69) is 0 Å². The lowest BCUT2D eigenvalue weighted by atomic mass is 9.85. The number of hydrogen-bond donors (Lipinski definition) is 0. The first-order valence-electron chi connectivity index (χ1n) is 8.37. The number of halogens is 3. The predicted molar refractivity (Wildman–Crippen MR) is 86.4 cm³/mol. The Balaban J connectivity index is 1.80. The molecule has 1 saturated heterocycles. The average molecular weight is 368 g/mol. The summed E-state index contributed by atoms with van der Waals surface area (Å²) < 4.78 is 39.1. The molecule has 0 aromatic carbocycles. The fourth-order valence-electron chi connectivity index (χ4n) is 3.76. The molecule has 0 unspecified atom stereocenters. The highest BCUT2D eigenvalue weighted by Gasteiger charge is 2.47. The van der Waals surface area contributed by atoms with Gasteiger partial charge in [0.1, 0.15) is 6.54 Å². The number of likely N-dealkylation sites (tertiary alicyclic amines) is 1. The van der Waals surface area contributed by atoms with Gasteiger partial charge in [0, 0.05) is 17.0 Å². The number of amides is 2. The van der Waals surface area contributed by atoms with Crippen molar-refractivity contribution in [3.8, 4) is 0 Å². The van der Waals surface area contributed by atoms with Gasteiger partial charge in [-0.25, -0.2) is 0 Å². The van der Waals surface area contributed by atoms with Crippen LogP contribution in [-0.2, 0) is 16.1 Å². The highest BCUT2D eigenvalue weighted by atomic mass is 19.4. The molecule has 1 aliphatic carbocycles. The van der Waals surface area contributed by atoms with Crippen LogP contribution in [0.4, 0.5) is 13.2 Å². The maximum Gasteiger partial charge on any atom is 0.406 e. The number of allylic oxidation sites excluding steroid dienone is 2. The molecule has 0 bridgehead atoms. The van der Waals surface area contributed by atoms with Crippen molar-refractivity contribution in [1.29, 1.82) is 0 Å². The summed E-state index contributed by atoms with van der Waals surface area (Å²) in [7, 11) is 0. The van der Waals surface area contributed by atoms with E-state index in [-0.39, 0.29) is 23.1 Å². The van der Waals surface area contributed by atoms with Gasteiger partial charge in [0.15, 0.2) is 5.78 Å². The third kappa shape index (κ3) is 3.20. The van der Waals surface area contributed by atoms with Crippen molar-refractivity contribution in [2.45, 2.75) is 39.4 Å². The molecule has 140 valence electrons. The molecular formula is C18H19F3N2O3. The average Bonchev–Trinajstić information content (AvgIpc) is 2.97. The van der Waals surface area contributed by atoms with E-state index in [0.717, 1.165) is 9.47 Å². The quantitative estimate of drug-likeness (QED) is 0.467. The first kappa shape index (κ1) is 18.4. The van der Waals surface area contributed by atoms with Crippen LogP contribution in [0.25, 0.3) is 0 Å². The molecule has 1 fully saturated rings. The van der Waals surface area contributed by atoms with Gasteiger partial charge in [0.2, 0.25) is 11.8 Å². The molecule has 0 radical (unpaired) electrons. The van der Waals surface area contributed by atoms with E-state index in [1.807, 2.05) is 12.2 Å². The Morgan fingerprint density at radius 3 is 2.15 bits per heavy atom. The molecular weight excluding hydrogens is 349 g/mol. The lowest BCUT2D eigenvalue weighted by molar-refractivity contribution is -0.141. The van der Waals surface area contributed by atoms with Gasteiger partial charge < -0.3 is 4.57 Å². The fraction of sp³-hybridized carbons (Fsp3) is 0.500. The van der Waals surface area contributed by atoms with E-state index in [0.29, 0.717) is 18.5 Å². The lowest BCUT2D eigenvalue weighted by Gasteiger charge is -2.14. The number of rotatable bonds is 4. The van der Waals surface area contributed by atoms with E-state index >= 15 is 0 Å². The number of aryl methyl sites for hydroxylation is 1. The number of fused-ring (bicyclic) bond motifs is 1. The minimum atomic E-state index is -4.40. The van der Waals surface area contributed by atoms with Crippen LogP contribution in [0.3, 0.4) is 0 Å². The number of carbonyl (C=O) groups is 3. The number of imide groups is 1. The number of nitrogens with zero attached hydrogens (tertiary/aromatic N) is 2. The molecule has 1 aliphatic heterocycles. The Kier molecular flexibility index (Phi) is 4.54. The summed E-state index contributed by atoms with van der Waals surface area (Å²) >= 11 is 0. The van der Waals surface area contributed by atoms with Crippen LogP contribution in [0.5, 0.6) is 0 Å². The number of alkyl halides is 3. The number of ketones is 1. The van der Waals surface area contributed by atoms with Crippen LogP contribution in [0.15, 0.2) is 18.2 Å².